The molecule has 1 atom stereocenters. The molecule has 1 aromatic heterocycles. The topological polar surface area (TPSA) is 59.0 Å². The number of nitrogens with one attached hydrogen (secondary N) is 2. The number of hydrogen-bond acceptors (Lipinski definition) is 2. The SMILES string of the molecule is CC(NC(=O)NCc1nc2cccc(Cl)c2n1C)c1cccc(F)c1F. The van der Waals surface area contributed by atoms with Gasteiger partial charge in [-0.05, 0) is 25.1 Å². The zero-order chi connectivity index (χ0) is 18.8. The Labute approximate surface area is 154 Å². The van der Waals surface area contributed by atoms with Crippen molar-refractivity contribution in [2.45, 2.75) is 19.5 Å². The molecule has 2 N–H and O–H groups in total. The van der Waals surface area contributed by atoms with Crippen molar-refractivity contribution >= 4 is 28.7 Å². The van der Waals surface area contributed by atoms with Crippen LogP contribution in [0.3, 0.4) is 0 Å². The van der Waals surface area contributed by atoms with Gasteiger partial charge in [-0.2, -0.15) is 0 Å². The smallest absolute Gasteiger partial charge is 0.315 e. The molecule has 0 bridgehead atoms. The lowest BCUT2D eigenvalue weighted by Crippen LogP contribution is -2.37. The number of halogens is 3. The summed E-state index contributed by atoms with van der Waals surface area (Å²) in [6, 6.07) is 8.05. The molecule has 1 heterocycles. The third-order valence-electron chi connectivity index (χ3n) is 4.14. The van der Waals surface area contributed by atoms with E-state index < -0.39 is 23.7 Å². The van der Waals surface area contributed by atoms with Gasteiger partial charge in [-0.1, -0.05) is 29.8 Å². The van der Waals surface area contributed by atoms with E-state index in [9.17, 15) is 13.6 Å². The normalized spacial score (nSPS) is 12.2. The molecule has 0 saturated heterocycles. The Hall–Kier alpha value is -2.67. The monoisotopic (exact) mass is 378 g/mol. The summed E-state index contributed by atoms with van der Waals surface area (Å²) in [5.74, 6) is -1.30. The second-order valence-electron chi connectivity index (χ2n) is 5.89. The molecular weight excluding hydrogens is 362 g/mol. The average Bonchev–Trinajstić information content (AvgIpc) is 2.92. The Balaban J connectivity index is 1.67. The molecular formula is C18H17ClF2N4O. The largest absolute Gasteiger partial charge is 0.332 e. The van der Waals surface area contributed by atoms with Crippen LogP contribution in [-0.4, -0.2) is 15.6 Å². The first-order valence-corrected chi connectivity index (χ1v) is 8.34. The number of amides is 2. The Morgan fingerprint density at radius 2 is 2.00 bits per heavy atom. The van der Waals surface area contributed by atoms with E-state index in [2.05, 4.69) is 15.6 Å². The van der Waals surface area contributed by atoms with Crippen molar-refractivity contribution in [2.24, 2.45) is 7.05 Å². The Morgan fingerprint density at radius 3 is 2.73 bits per heavy atom. The molecule has 2 amide bonds. The van der Waals surface area contributed by atoms with Crippen molar-refractivity contribution in [3.05, 3.63) is 64.4 Å². The number of carbonyl (C=O) groups excluding carboxylic acids is 1. The molecule has 8 heteroatoms. The third-order valence-corrected chi connectivity index (χ3v) is 4.45. The number of benzene rings is 2. The number of imidazole rings is 1. The fourth-order valence-electron chi connectivity index (χ4n) is 2.77. The van der Waals surface area contributed by atoms with Crippen LogP contribution >= 0.6 is 11.6 Å². The minimum Gasteiger partial charge on any atom is -0.332 e. The number of aromatic nitrogens is 2. The predicted octanol–water partition coefficient (Wildman–Crippen LogP) is 4.07. The highest BCUT2D eigenvalue weighted by Crippen LogP contribution is 2.23. The zero-order valence-corrected chi connectivity index (χ0v) is 14.9. The molecule has 0 radical (unpaired) electrons. The summed E-state index contributed by atoms with van der Waals surface area (Å²) < 4.78 is 28.9. The van der Waals surface area contributed by atoms with Crippen molar-refractivity contribution in [1.82, 2.24) is 20.2 Å². The van der Waals surface area contributed by atoms with Gasteiger partial charge in [0.15, 0.2) is 11.6 Å². The molecule has 0 aliphatic carbocycles. The summed E-state index contributed by atoms with van der Waals surface area (Å²) in [4.78, 5) is 16.5. The quantitative estimate of drug-likeness (QED) is 0.719. The van der Waals surface area contributed by atoms with Crippen LogP contribution in [0.2, 0.25) is 5.02 Å². The lowest BCUT2D eigenvalue weighted by atomic mass is 10.1. The van der Waals surface area contributed by atoms with Gasteiger partial charge in [-0.3, -0.25) is 0 Å². The molecule has 3 rings (SSSR count). The van der Waals surface area contributed by atoms with Crippen LogP contribution in [0.5, 0.6) is 0 Å². The van der Waals surface area contributed by atoms with Gasteiger partial charge in [0, 0.05) is 12.6 Å². The lowest BCUT2D eigenvalue weighted by Gasteiger charge is -2.16. The molecule has 0 aliphatic heterocycles. The van der Waals surface area contributed by atoms with Crippen LogP contribution in [0.25, 0.3) is 11.0 Å². The number of aryl methyl sites for hydroxylation is 1. The van der Waals surface area contributed by atoms with Crippen LogP contribution in [-0.2, 0) is 13.6 Å². The van der Waals surface area contributed by atoms with Gasteiger partial charge in [-0.25, -0.2) is 18.6 Å². The first-order chi connectivity index (χ1) is 12.4. The van der Waals surface area contributed by atoms with E-state index in [0.717, 1.165) is 17.1 Å². The van der Waals surface area contributed by atoms with E-state index in [-0.39, 0.29) is 12.1 Å². The standard InChI is InChI=1S/C18H17ClF2N4O/c1-10(11-5-3-7-13(20)16(11)21)23-18(26)22-9-15-24-14-8-4-6-12(19)17(14)25(15)2/h3-8,10H,9H2,1-2H3,(H2,22,23,26). The molecule has 0 fully saturated rings. The number of para-hydroxylation sites is 1. The first kappa shape index (κ1) is 18.1. The van der Waals surface area contributed by atoms with E-state index in [1.807, 2.05) is 6.07 Å². The molecule has 3 aromatic rings. The van der Waals surface area contributed by atoms with Gasteiger partial charge in [0.05, 0.1) is 28.6 Å². The van der Waals surface area contributed by atoms with Crippen LogP contribution in [0.4, 0.5) is 13.6 Å². The minimum absolute atomic E-state index is 0.0784. The van der Waals surface area contributed by atoms with Crippen LogP contribution in [0.15, 0.2) is 36.4 Å². The molecule has 26 heavy (non-hydrogen) atoms. The lowest BCUT2D eigenvalue weighted by molar-refractivity contribution is 0.237. The summed E-state index contributed by atoms with van der Waals surface area (Å²) in [7, 11) is 1.81. The summed E-state index contributed by atoms with van der Waals surface area (Å²) >= 11 is 6.18. The molecule has 0 spiro atoms. The van der Waals surface area contributed by atoms with Gasteiger partial charge in [-0.15, -0.1) is 0 Å². The van der Waals surface area contributed by atoms with E-state index in [4.69, 9.17) is 11.6 Å². The maximum atomic E-state index is 13.8. The predicted molar refractivity (Wildman–Crippen MR) is 95.9 cm³/mol. The van der Waals surface area contributed by atoms with Gasteiger partial charge in [0.1, 0.15) is 5.82 Å². The second-order valence-corrected chi connectivity index (χ2v) is 6.29. The molecule has 5 nitrogen and oxygen atoms in total. The van der Waals surface area contributed by atoms with E-state index in [1.165, 1.54) is 12.1 Å². The number of urea groups is 1. The van der Waals surface area contributed by atoms with Crippen LogP contribution in [0, 0.1) is 11.6 Å². The number of rotatable bonds is 4. The van der Waals surface area contributed by atoms with Crippen molar-refractivity contribution in [3.8, 4) is 0 Å². The summed E-state index contributed by atoms with van der Waals surface area (Å²) in [5.41, 5.74) is 1.59. The second kappa shape index (κ2) is 7.29. The third kappa shape index (κ3) is 3.48. The number of fused-ring (bicyclic) bond motifs is 1. The highest BCUT2D eigenvalue weighted by Gasteiger charge is 2.17. The molecule has 1 unspecified atom stereocenters. The highest BCUT2D eigenvalue weighted by atomic mass is 35.5. The number of hydrogen-bond donors (Lipinski definition) is 2. The summed E-state index contributed by atoms with van der Waals surface area (Å²) in [5, 5.41) is 5.81. The number of nitrogens with zero attached hydrogens (tertiary/aromatic N) is 2. The molecule has 0 saturated carbocycles. The molecule has 136 valence electrons. The fourth-order valence-corrected chi connectivity index (χ4v) is 3.06. The van der Waals surface area contributed by atoms with Crippen molar-refractivity contribution in [3.63, 3.8) is 0 Å². The van der Waals surface area contributed by atoms with Gasteiger partial charge in [0.2, 0.25) is 0 Å². The summed E-state index contributed by atoms with van der Waals surface area (Å²) in [6.07, 6.45) is 0. The van der Waals surface area contributed by atoms with Gasteiger partial charge in [0.25, 0.3) is 0 Å². The molecule has 0 aliphatic rings. The Bertz CT molecular complexity index is 973. The number of carbonyl (C=O) groups is 1. The van der Waals surface area contributed by atoms with Gasteiger partial charge >= 0.3 is 6.03 Å². The Kier molecular flexibility index (Phi) is 5.08. The van der Waals surface area contributed by atoms with Crippen molar-refractivity contribution in [2.75, 3.05) is 0 Å². The van der Waals surface area contributed by atoms with Crippen molar-refractivity contribution in [1.29, 1.82) is 0 Å². The van der Waals surface area contributed by atoms with E-state index >= 15 is 0 Å². The summed E-state index contributed by atoms with van der Waals surface area (Å²) in [6.45, 7) is 1.73. The average molecular weight is 379 g/mol. The molecule has 2 aromatic carbocycles. The zero-order valence-electron chi connectivity index (χ0n) is 14.2. The Morgan fingerprint density at radius 1 is 1.27 bits per heavy atom. The van der Waals surface area contributed by atoms with E-state index in [0.29, 0.717) is 10.8 Å². The van der Waals surface area contributed by atoms with Gasteiger partial charge < -0.3 is 15.2 Å². The highest BCUT2D eigenvalue weighted by molar-refractivity contribution is 6.35. The van der Waals surface area contributed by atoms with E-state index in [1.54, 1.807) is 30.7 Å². The fraction of sp³-hybridized carbons (Fsp3) is 0.222. The first-order valence-electron chi connectivity index (χ1n) is 7.96. The minimum atomic E-state index is -0.967. The van der Waals surface area contributed by atoms with Crippen LogP contribution in [0.1, 0.15) is 24.4 Å². The van der Waals surface area contributed by atoms with Crippen LogP contribution < -0.4 is 10.6 Å². The maximum Gasteiger partial charge on any atom is 0.315 e. The van der Waals surface area contributed by atoms with Crippen molar-refractivity contribution < 1.29 is 13.6 Å². The maximum absolute atomic E-state index is 13.8.